The van der Waals surface area contributed by atoms with E-state index in [1.807, 2.05) is 27.7 Å². The van der Waals surface area contributed by atoms with Crippen molar-refractivity contribution in [3.05, 3.63) is 29.6 Å². The van der Waals surface area contributed by atoms with Crippen molar-refractivity contribution in [3.63, 3.8) is 0 Å². The fourth-order valence-corrected chi connectivity index (χ4v) is 1.79. The van der Waals surface area contributed by atoms with Gasteiger partial charge < -0.3 is 10.1 Å². The number of halogens is 3. The summed E-state index contributed by atoms with van der Waals surface area (Å²) in [7, 11) is 0. The SMILES string of the molecule is CC(NC(C)(C)C)c1ccc(OCC(F)F)c(F)c1. The Morgan fingerprint density at radius 3 is 2.37 bits per heavy atom. The molecule has 108 valence electrons. The van der Waals surface area contributed by atoms with E-state index < -0.39 is 18.8 Å². The first-order valence-corrected chi connectivity index (χ1v) is 6.17. The van der Waals surface area contributed by atoms with Gasteiger partial charge >= 0.3 is 0 Å². The molecule has 1 rings (SSSR count). The highest BCUT2D eigenvalue weighted by Gasteiger charge is 2.16. The Balaban J connectivity index is 2.76. The number of alkyl halides is 2. The molecule has 1 aromatic rings. The molecule has 0 amide bonds. The number of hydrogen-bond donors (Lipinski definition) is 1. The van der Waals surface area contributed by atoms with Gasteiger partial charge in [0.2, 0.25) is 0 Å². The minimum atomic E-state index is -2.61. The minimum absolute atomic E-state index is 0.0429. The third kappa shape index (κ3) is 5.51. The van der Waals surface area contributed by atoms with Crippen LogP contribution in [0.4, 0.5) is 13.2 Å². The largest absolute Gasteiger partial charge is 0.485 e. The van der Waals surface area contributed by atoms with Crippen LogP contribution < -0.4 is 10.1 Å². The van der Waals surface area contributed by atoms with E-state index in [1.165, 1.54) is 12.1 Å². The first-order valence-electron chi connectivity index (χ1n) is 6.17. The molecular weight excluding hydrogens is 255 g/mol. The van der Waals surface area contributed by atoms with Crippen molar-refractivity contribution in [1.29, 1.82) is 0 Å². The van der Waals surface area contributed by atoms with Crippen LogP contribution in [0.15, 0.2) is 18.2 Å². The van der Waals surface area contributed by atoms with E-state index in [2.05, 4.69) is 10.1 Å². The topological polar surface area (TPSA) is 21.3 Å². The van der Waals surface area contributed by atoms with Crippen molar-refractivity contribution in [2.75, 3.05) is 6.61 Å². The summed E-state index contributed by atoms with van der Waals surface area (Å²) >= 11 is 0. The minimum Gasteiger partial charge on any atom is -0.485 e. The maximum absolute atomic E-state index is 13.7. The molecule has 0 saturated carbocycles. The lowest BCUT2D eigenvalue weighted by Crippen LogP contribution is -2.37. The molecule has 0 saturated heterocycles. The summed E-state index contributed by atoms with van der Waals surface area (Å²) in [6, 6.07) is 4.32. The summed E-state index contributed by atoms with van der Waals surface area (Å²) in [6.07, 6.45) is -2.61. The molecule has 0 heterocycles. The Bertz CT molecular complexity index is 416. The monoisotopic (exact) mass is 275 g/mol. The van der Waals surface area contributed by atoms with E-state index in [0.717, 1.165) is 5.56 Å². The molecule has 2 nitrogen and oxygen atoms in total. The van der Waals surface area contributed by atoms with Crippen LogP contribution in [0.25, 0.3) is 0 Å². The first kappa shape index (κ1) is 15.8. The molecular formula is C14H20F3NO. The van der Waals surface area contributed by atoms with Crippen molar-refractivity contribution >= 4 is 0 Å². The standard InChI is InChI=1S/C14H20F3NO/c1-9(18-14(2,3)4)10-5-6-12(11(15)7-10)19-8-13(16)17/h5-7,9,13,18H,8H2,1-4H3. The summed E-state index contributed by atoms with van der Waals surface area (Å²) in [5, 5.41) is 3.30. The lowest BCUT2D eigenvalue weighted by molar-refractivity contribution is 0.0799. The summed E-state index contributed by atoms with van der Waals surface area (Å²) in [5.41, 5.74) is 0.651. The average Bonchev–Trinajstić information content (AvgIpc) is 2.24. The summed E-state index contributed by atoms with van der Waals surface area (Å²) in [6.45, 7) is 7.16. The molecule has 0 aromatic heterocycles. The zero-order valence-corrected chi connectivity index (χ0v) is 11.6. The first-order chi connectivity index (χ1) is 8.69. The second-order valence-electron chi connectivity index (χ2n) is 5.51. The van der Waals surface area contributed by atoms with E-state index in [-0.39, 0.29) is 17.3 Å². The zero-order chi connectivity index (χ0) is 14.6. The van der Waals surface area contributed by atoms with E-state index in [9.17, 15) is 13.2 Å². The second-order valence-corrected chi connectivity index (χ2v) is 5.51. The quantitative estimate of drug-likeness (QED) is 0.879. The molecule has 0 aliphatic carbocycles. The molecule has 0 radical (unpaired) electrons. The van der Waals surface area contributed by atoms with Gasteiger partial charge in [0.25, 0.3) is 6.43 Å². The van der Waals surface area contributed by atoms with E-state index in [4.69, 9.17) is 0 Å². The number of rotatable bonds is 5. The molecule has 0 bridgehead atoms. The lowest BCUT2D eigenvalue weighted by atomic mass is 10.0. The molecule has 1 aromatic carbocycles. The summed E-state index contributed by atoms with van der Waals surface area (Å²) in [4.78, 5) is 0. The Kier molecular flexibility index (Phi) is 5.23. The predicted octanol–water partition coefficient (Wildman–Crippen LogP) is 3.92. The third-order valence-corrected chi connectivity index (χ3v) is 2.47. The van der Waals surface area contributed by atoms with E-state index in [0.29, 0.717) is 0 Å². The van der Waals surface area contributed by atoms with Crippen molar-refractivity contribution in [1.82, 2.24) is 5.32 Å². The van der Waals surface area contributed by atoms with Crippen LogP contribution in [0.5, 0.6) is 5.75 Å². The van der Waals surface area contributed by atoms with Crippen LogP contribution >= 0.6 is 0 Å². The Morgan fingerprint density at radius 1 is 1.26 bits per heavy atom. The van der Waals surface area contributed by atoms with Crippen LogP contribution in [0, 0.1) is 5.82 Å². The molecule has 0 aliphatic heterocycles. The third-order valence-electron chi connectivity index (χ3n) is 2.47. The Morgan fingerprint density at radius 2 is 1.89 bits per heavy atom. The maximum atomic E-state index is 13.7. The van der Waals surface area contributed by atoms with Crippen molar-refractivity contribution in [2.45, 2.75) is 45.7 Å². The normalized spacial score (nSPS) is 13.7. The molecule has 0 aliphatic rings. The second kappa shape index (κ2) is 6.28. The van der Waals surface area contributed by atoms with Gasteiger partial charge in [-0.25, -0.2) is 13.2 Å². The predicted molar refractivity (Wildman–Crippen MR) is 69.2 cm³/mol. The smallest absolute Gasteiger partial charge is 0.272 e. The molecule has 0 fully saturated rings. The van der Waals surface area contributed by atoms with Gasteiger partial charge in [-0.1, -0.05) is 6.07 Å². The lowest BCUT2D eigenvalue weighted by Gasteiger charge is -2.26. The summed E-state index contributed by atoms with van der Waals surface area (Å²) < 4.78 is 42.4. The number of nitrogens with one attached hydrogen (secondary N) is 1. The van der Waals surface area contributed by atoms with Crippen LogP contribution in [-0.2, 0) is 0 Å². The molecule has 0 spiro atoms. The highest BCUT2D eigenvalue weighted by atomic mass is 19.3. The van der Waals surface area contributed by atoms with Gasteiger partial charge in [-0.3, -0.25) is 0 Å². The summed E-state index contributed by atoms with van der Waals surface area (Å²) in [5.74, 6) is -0.771. The van der Waals surface area contributed by atoms with Crippen molar-refractivity contribution in [3.8, 4) is 5.75 Å². The van der Waals surface area contributed by atoms with E-state index >= 15 is 0 Å². The van der Waals surface area contributed by atoms with Crippen LogP contribution in [0.3, 0.4) is 0 Å². The number of benzene rings is 1. The van der Waals surface area contributed by atoms with E-state index in [1.54, 1.807) is 6.07 Å². The molecule has 19 heavy (non-hydrogen) atoms. The van der Waals surface area contributed by atoms with Gasteiger partial charge in [-0.2, -0.15) is 0 Å². The number of hydrogen-bond acceptors (Lipinski definition) is 2. The fourth-order valence-electron chi connectivity index (χ4n) is 1.79. The van der Waals surface area contributed by atoms with Crippen LogP contribution in [0.1, 0.15) is 39.3 Å². The zero-order valence-electron chi connectivity index (χ0n) is 11.6. The van der Waals surface area contributed by atoms with Gasteiger partial charge in [0, 0.05) is 11.6 Å². The van der Waals surface area contributed by atoms with Gasteiger partial charge in [0.1, 0.15) is 6.61 Å². The Hall–Kier alpha value is -1.23. The van der Waals surface area contributed by atoms with Crippen LogP contribution in [0.2, 0.25) is 0 Å². The van der Waals surface area contributed by atoms with Gasteiger partial charge in [-0.05, 0) is 45.4 Å². The highest BCUT2D eigenvalue weighted by Crippen LogP contribution is 2.23. The molecule has 1 unspecified atom stereocenters. The van der Waals surface area contributed by atoms with Crippen molar-refractivity contribution < 1.29 is 17.9 Å². The van der Waals surface area contributed by atoms with Crippen LogP contribution in [-0.4, -0.2) is 18.6 Å². The number of ether oxygens (including phenoxy) is 1. The highest BCUT2D eigenvalue weighted by molar-refractivity contribution is 5.31. The van der Waals surface area contributed by atoms with Gasteiger partial charge in [-0.15, -0.1) is 0 Å². The van der Waals surface area contributed by atoms with Crippen molar-refractivity contribution in [2.24, 2.45) is 0 Å². The van der Waals surface area contributed by atoms with Gasteiger partial charge in [0.15, 0.2) is 11.6 Å². The van der Waals surface area contributed by atoms with Gasteiger partial charge in [0.05, 0.1) is 0 Å². The Labute approximate surface area is 112 Å². The molecule has 1 N–H and O–H groups in total. The molecule has 1 atom stereocenters. The maximum Gasteiger partial charge on any atom is 0.272 e. The molecule has 5 heteroatoms. The fraction of sp³-hybridized carbons (Fsp3) is 0.571. The average molecular weight is 275 g/mol.